The molecule has 10 heavy (non-hydrogen) atoms. The average Bonchev–Trinajstić information content (AvgIpc) is 1.98. The van der Waals surface area contributed by atoms with E-state index in [2.05, 4.69) is 0 Å². The fraction of sp³-hybridized carbons (Fsp3) is 0.500. The SMILES string of the molecule is CC=CCC(Cl)=C(C)CCl. The van der Waals surface area contributed by atoms with Crippen LogP contribution in [0.5, 0.6) is 0 Å². The van der Waals surface area contributed by atoms with Crippen molar-refractivity contribution in [2.24, 2.45) is 0 Å². The molecule has 58 valence electrons. The largest absolute Gasteiger partial charge is 0.122 e. The first-order chi connectivity index (χ1) is 4.72. The number of alkyl halides is 1. The molecule has 0 fully saturated rings. The molecule has 0 spiro atoms. The molecule has 0 saturated heterocycles. The van der Waals surface area contributed by atoms with Crippen molar-refractivity contribution >= 4 is 23.2 Å². The van der Waals surface area contributed by atoms with Crippen molar-refractivity contribution in [1.82, 2.24) is 0 Å². The Morgan fingerprint density at radius 1 is 1.50 bits per heavy atom. The molecule has 0 aromatic carbocycles. The van der Waals surface area contributed by atoms with Gasteiger partial charge in [0.25, 0.3) is 0 Å². The van der Waals surface area contributed by atoms with E-state index < -0.39 is 0 Å². The molecule has 0 rings (SSSR count). The van der Waals surface area contributed by atoms with E-state index in [1.54, 1.807) is 0 Å². The third-order valence-electron chi connectivity index (χ3n) is 1.20. The monoisotopic (exact) mass is 178 g/mol. The quantitative estimate of drug-likeness (QED) is 0.457. The van der Waals surface area contributed by atoms with Gasteiger partial charge in [0.1, 0.15) is 0 Å². The van der Waals surface area contributed by atoms with E-state index >= 15 is 0 Å². The summed E-state index contributed by atoms with van der Waals surface area (Å²) >= 11 is 11.4. The lowest BCUT2D eigenvalue weighted by Crippen LogP contribution is -1.81. The van der Waals surface area contributed by atoms with Gasteiger partial charge in [0.05, 0.1) is 0 Å². The lowest BCUT2D eigenvalue weighted by molar-refractivity contribution is 1.24. The van der Waals surface area contributed by atoms with Crippen LogP contribution in [0, 0.1) is 0 Å². The van der Waals surface area contributed by atoms with E-state index in [9.17, 15) is 0 Å². The highest BCUT2D eigenvalue weighted by Gasteiger charge is 1.94. The third-order valence-corrected chi connectivity index (χ3v) is 2.07. The van der Waals surface area contributed by atoms with Crippen LogP contribution in [0.1, 0.15) is 20.3 Å². The van der Waals surface area contributed by atoms with Crippen LogP contribution in [0.3, 0.4) is 0 Å². The Hall–Kier alpha value is 0.0600. The summed E-state index contributed by atoms with van der Waals surface area (Å²) in [6.07, 6.45) is 4.79. The zero-order chi connectivity index (χ0) is 7.98. The topological polar surface area (TPSA) is 0 Å². The summed E-state index contributed by atoms with van der Waals surface area (Å²) in [5.74, 6) is 0.524. The van der Waals surface area contributed by atoms with Gasteiger partial charge in [-0.3, -0.25) is 0 Å². The van der Waals surface area contributed by atoms with Gasteiger partial charge in [-0.2, -0.15) is 0 Å². The molecule has 0 radical (unpaired) electrons. The maximum Gasteiger partial charge on any atom is 0.0445 e. The van der Waals surface area contributed by atoms with Gasteiger partial charge in [0.15, 0.2) is 0 Å². The van der Waals surface area contributed by atoms with Crippen LogP contribution in [0.15, 0.2) is 22.8 Å². The summed E-state index contributed by atoms with van der Waals surface area (Å²) in [7, 11) is 0. The first kappa shape index (κ1) is 10.1. The summed E-state index contributed by atoms with van der Waals surface area (Å²) in [6.45, 7) is 3.92. The summed E-state index contributed by atoms with van der Waals surface area (Å²) < 4.78 is 0. The molecule has 0 aliphatic rings. The molecule has 0 amide bonds. The van der Waals surface area contributed by atoms with Crippen molar-refractivity contribution in [1.29, 1.82) is 0 Å². The molecule has 0 aliphatic carbocycles. The lowest BCUT2D eigenvalue weighted by atomic mass is 10.2. The molecule has 0 bridgehead atoms. The Bertz CT molecular complexity index is 145. The molecule has 0 N–H and O–H groups in total. The number of hydrogen-bond donors (Lipinski definition) is 0. The van der Waals surface area contributed by atoms with E-state index in [4.69, 9.17) is 23.2 Å². The Morgan fingerprint density at radius 3 is 2.50 bits per heavy atom. The second-order valence-corrected chi connectivity index (χ2v) is 2.82. The molecule has 0 unspecified atom stereocenters. The molecule has 0 heterocycles. The Morgan fingerprint density at radius 2 is 2.10 bits per heavy atom. The van der Waals surface area contributed by atoms with Crippen LogP contribution in [-0.2, 0) is 0 Å². The maximum atomic E-state index is 5.85. The van der Waals surface area contributed by atoms with Gasteiger partial charge >= 0.3 is 0 Å². The van der Waals surface area contributed by atoms with Gasteiger partial charge in [-0.15, -0.1) is 11.6 Å². The predicted molar refractivity (Wildman–Crippen MR) is 48.7 cm³/mol. The standard InChI is InChI=1S/C8H12Cl2/c1-3-4-5-8(10)7(2)6-9/h3-4H,5-6H2,1-2H3. The summed E-state index contributed by atoms with van der Waals surface area (Å²) in [5.41, 5.74) is 1.06. The smallest absolute Gasteiger partial charge is 0.0445 e. The van der Waals surface area contributed by atoms with Gasteiger partial charge in [-0.05, 0) is 19.4 Å². The van der Waals surface area contributed by atoms with Crippen molar-refractivity contribution in [3.63, 3.8) is 0 Å². The summed E-state index contributed by atoms with van der Waals surface area (Å²) in [5, 5.41) is 0.855. The Kier molecular flexibility index (Phi) is 5.85. The highest BCUT2D eigenvalue weighted by Crippen LogP contribution is 2.14. The fourth-order valence-electron chi connectivity index (χ4n) is 0.468. The number of halogens is 2. The summed E-state index contributed by atoms with van der Waals surface area (Å²) in [6, 6.07) is 0. The van der Waals surface area contributed by atoms with Crippen LogP contribution in [-0.4, -0.2) is 5.88 Å². The van der Waals surface area contributed by atoms with E-state index in [0.29, 0.717) is 5.88 Å². The van der Waals surface area contributed by atoms with Crippen molar-refractivity contribution < 1.29 is 0 Å². The minimum absolute atomic E-state index is 0.524. The molecular formula is C8H12Cl2. The molecule has 0 atom stereocenters. The molecule has 0 aromatic rings. The van der Waals surface area contributed by atoms with Crippen molar-refractivity contribution in [3.05, 3.63) is 22.8 Å². The lowest BCUT2D eigenvalue weighted by Gasteiger charge is -1.97. The first-order valence-electron chi connectivity index (χ1n) is 3.23. The van der Waals surface area contributed by atoms with E-state index in [-0.39, 0.29) is 0 Å². The van der Waals surface area contributed by atoms with Crippen LogP contribution in [0.4, 0.5) is 0 Å². The highest BCUT2D eigenvalue weighted by molar-refractivity contribution is 6.31. The Balaban J connectivity index is 3.91. The molecular weight excluding hydrogens is 167 g/mol. The van der Waals surface area contributed by atoms with Gasteiger partial charge in [0, 0.05) is 17.3 Å². The van der Waals surface area contributed by atoms with Crippen molar-refractivity contribution in [3.8, 4) is 0 Å². The fourth-order valence-corrected chi connectivity index (χ4v) is 0.854. The average molecular weight is 179 g/mol. The van der Waals surface area contributed by atoms with Gasteiger partial charge < -0.3 is 0 Å². The molecule has 0 saturated carbocycles. The van der Waals surface area contributed by atoms with Crippen LogP contribution >= 0.6 is 23.2 Å². The molecule has 0 aliphatic heterocycles. The van der Waals surface area contributed by atoms with E-state index in [0.717, 1.165) is 17.0 Å². The normalized spacial score (nSPS) is 14.0. The first-order valence-corrected chi connectivity index (χ1v) is 4.14. The van der Waals surface area contributed by atoms with Gasteiger partial charge in [0.2, 0.25) is 0 Å². The van der Waals surface area contributed by atoms with Crippen LogP contribution in [0.2, 0.25) is 0 Å². The van der Waals surface area contributed by atoms with Crippen molar-refractivity contribution in [2.75, 3.05) is 5.88 Å². The third kappa shape index (κ3) is 3.97. The Labute approximate surface area is 72.5 Å². The summed E-state index contributed by atoms with van der Waals surface area (Å²) in [4.78, 5) is 0. The predicted octanol–water partition coefficient (Wildman–Crippen LogP) is 3.70. The second kappa shape index (κ2) is 5.82. The van der Waals surface area contributed by atoms with Gasteiger partial charge in [-0.1, -0.05) is 23.8 Å². The molecule has 0 aromatic heterocycles. The van der Waals surface area contributed by atoms with Crippen molar-refractivity contribution in [2.45, 2.75) is 20.3 Å². The number of allylic oxidation sites excluding steroid dienone is 4. The molecule has 0 nitrogen and oxygen atoms in total. The second-order valence-electron chi connectivity index (χ2n) is 2.09. The van der Waals surface area contributed by atoms with E-state index in [1.165, 1.54) is 0 Å². The van der Waals surface area contributed by atoms with Crippen LogP contribution < -0.4 is 0 Å². The van der Waals surface area contributed by atoms with Crippen LogP contribution in [0.25, 0.3) is 0 Å². The zero-order valence-electron chi connectivity index (χ0n) is 6.32. The molecule has 2 heteroatoms. The highest BCUT2D eigenvalue weighted by atomic mass is 35.5. The van der Waals surface area contributed by atoms with E-state index in [1.807, 2.05) is 26.0 Å². The number of hydrogen-bond acceptors (Lipinski definition) is 0. The zero-order valence-corrected chi connectivity index (χ0v) is 7.84. The van der Waals surface area contributed by atoms with Gasteiger partial charge in [-0.25, -0.2) is 0 Å². The maximum absolute atomic E-state index is 5.85. The minimum atomic E-state index is 0.524. The minimum Gasteiger partial charge on any atom is -0.122 e. The number of rotatable bonds is 3.